The van der Waals surface area contributed by atoms with Gasteiger partial charge in [0.1, 0.15) is 11.5 Å². The van der Waals surface area contributed by atoms with Crippen molar-refractivity contribution in [2.24, 2.45) is 0 Å². The number of hydrogen-bond donors (Lipinski definition) is 2. The van der Waals surface area contributed by atoms with E-state index >= 15 is 0 Å². The molecule has 17 heavy (non-hydrogen) atoms. The van der Waals surface area contributed by atoms with E-state index in [2.05, 4.69) is 16.7 Å². The molecule has 0 unspecified atom stereocenters. The lowest BCUT2D eigenvalue weighted by molar-refractivity contribution is 0.131. The van der Waals surface area contributed by atoms with Gasteiger partial charge in [-0.15, -0.1) is 0 Å². The van der Waals surface area contributed by atoms with Gasteiger partial charge in [-0.25, -0.2) is 0 Å². The van der Waals surface area contributed by atoms with E-state index in [0.717, 1.165) is 44.8 Å². The van der Waals surface area contributed by atoms with Crippen LogP contribution < -0.4 is 0 Å². The Bertz CT molecular complexity index is 374. The molecule has 4 heteroatoms. The van der Waals surface area contributed by atoms with Gasteiger partial charge in [-0.2, -0.15) is 0 Å². The highest BCUT2D eigenvalue weighted by atomic mass is 16.3. The summed E-state index contributed by atoms with van der Waals surface area (Å²) in [5.41, 5.74) is 0.882. The van der Waals surface area contributed by atoms with Crippen LogP contribution in [-0.4, -0.2) is 52.7 Å². The molecule has 0 amide bonds. The number of hydrogen-bond acceptors (Lipinski definition) is 4. The van der Waals surface area contributed by atoms with Crippen molar-refractivity contribution in [1.29, 1.82) is 0 Å². The first-order valence-electron chi connectivity index (χ1n) is 6.14. The summed E-state index contributed by atoms with van der Waals surface area (Å²) in [6, 6.07) is 4.81. The Morgan fingerprint density at radius 3 is 2.29 bits per heavy atom. The maximum atomic E-state index is 9.72. The van der Waals surface area contributed by atoms with Gasteiger partial charge >= 0.3 is 0 Å². The summed E-state index contributed by atoms with van der Waals surface area (Å²) in [5.74, 6) is 0.296. The van der Waals surface area contributed by atoms with Gasteiger partial charge < -0.3 is 15.1 Å². The predicted octanol–water partition coefficient (Wildman–Crippen LogP) is 1.24. The molecule has 2 N–H and O–H groups in total. The van der Waals surface area contributed by atoms with E-state index in [-0.39, 0.29) is 11.5 Å². The van der Waals surface area contributed by atoms with E-state index in [1.165, 1.54) is 6.07 Å². The molecule has 2 rings (SSSR count). The average molecular weight is 236 g/mol. The maximum Gasteiger partial charge on any atom is 0.123 e. The normalized spacial score (nSPS) is 18.4. The summed E-state index contributed by atoms with van der Waals surface area (Å²) >= 11 is 0. The number of nitrogens with zero attached hydrogens (tertiary/aromatic N) is 2. The topological polar surface area (TPSA) is 46.9 Å². The Labute approximate surface area is 102 Å². The zero-order chi connectivity index (χ0) is 12.3. The van der Waals surface area contributed by atoms with Crippen LogP contribution in [0.3, 0.4) is 0 Å². The molecule has 94 valence electrons. The van der Waals surface area contributed by atoms with E-state index in [1.807, 2.05) is 0 Å². The number of piperazine rings is 1. The summed E-state index contributed by atoms with van der Waals surface area (Å²) in [7, 11) is 0. The van der Waals surface area contributed by atoms with Gasteiger partial charge in [-0.05, 0) is 12.6 Å². The SMILES string of the molecule is CCN1CCN(Cc2ccc(O)cc2O)CC1. The predicted molar refractivity (Wildman–Crippen MR) is 67.2 cm³/mol. The van der Waals surface area contributed by atoms with E-state index < -0.39 is 0 Å². The van der Waals surface area contributed by atoms with Crippen molar-refractivity contribution < 1.29 is 10.2 Å². The lowest BCUT2D eigenvalue weighted by Crippen LogP contribution is -2.45. The highest BCUT2D eigenvalue weighted by Crippen LogP contribution is 2.24. The Balaban J connectivity index is 1.93. The van der Waals surface area contributed by atoms with Crippen molar-refractivity contribution >= 4 is 0 Å². The summed E-state index contributed by atoms with van der Waals surface area (Å²) in [6.45, 7) is 8.30. The Morgan fingerprint density at radius 1 is 1.06 bits per heavy atom. The van der Waals surface area contributed by atoms with Crippen LogP contribution in [0.5, 0.6) is 11.5 Å². The minimum Gasteiger partial charge on any atom is -0.508 e. The lowest BCUT2D eigenvalue weighted by Gasteiger charge is -2.34. The first-order valence-corrected chi connectivity index (χ1v) is 6.14. The summed E-state index contributed by atoms with van der Waals surface area (Å²) in [4.78, 5) is 4.76. The molecular weight excluding hydrogens is 216 g/mol. The van der Waals surface area contributed by atoms with Crippen LogP contribution in [0.2, 0.25) is 0 Å². The van der Waals surface area contributed by atoms with Crippen molar-refractivity contribution in [1.82, 2.24) is 9.80 Å². The summed E-state index contributed by atoms with van der Waals surface area (Å²) in [5, 5.41) is 19.0. The molecule has 0 radical (unpaired) electrons. The quantitative estimate of drug-likeness (QED) is 0.829. The summed E-state index contributed by atoms with van der Waals surface area (Å²) in [6.07, 6.45) is 0. The molecule has 1 aliphatic rings. The fourth-order valence-electron chi connectivity index (χ4n) is 2.19. The number of likely N-dealkylation sites (N-methyl/N-ethyl adjacent to an activating group) is 1. The first kappa shape index (κ1) is 12.2. The van der Waals surface area contributed by atoms with Crippen molar-refractivity contribution in [3.8, 4) is 11.5 Å². The van der Waals surface area contributed by atoms with Crippen molar-refractivity contribution in [3.05, 3.63) is 23.8 Å². The van der Waals surface area contributed by atoms with E-state index in [0.29, 0.717) is 0 Å². The molecule has 0 atom stereocenters. The van der Waals surface area contributed by atoms with Crippen LogP contribution >= 0.6 is 0 Å². The van der Waals surface area contributed by atoms with E-state index in [1.54, 1.807) is 12.1 Å². The fourth-order valence-corrected chi connectivity index (χ4v) is 2.19. The van der Waals surface area contributed by atoms with Gasteiger partial charge in [-0.3, -0.25) is 4.90 Å². The van der Waals surface area contributed by atoms with Gasteiger partial charge in [0.15, 0.2) is 0 Å². The fraction of sp³-hybridized carbons (Fsp3) is 0.538. The highest BCUT2D eigenvalue weighted by molar-refractivity contribution is 5.38. The molecule has 4 nitrogen and oxygen atoms in total. The van der Waals surface area contributed by atoms with Crippen LogP contribution in [-0.2, 0) is 6.54 Å². The molecule has 0 aromatic heterocycles. The smallest absolute Gasteiger partial charge is 0.123 e. The van der Waals surface area contributed by atoms with Gasteiger partial charge in [-0.1, -0.05) is 13.0 Å². The Kier molecular flexibility index (Phi) is 3.86. The molecule has 1 saturated heterocycles. The standard InChI is InChI=1S/C13H20N2O2/c1-2-14-5-7-15(8-6-14)10-11-3-4-12(16)9-13(11)17/h3-4,9,16-17H,2,5-8,10H2,1H3. The van der Waals surface area contributed by atoms with Gasteiger partial charge in [0, 0.05) is 44.4 Å². The molecule has 0 bridgehead atoms. The molecule has 1 heterocycles. The molecule has 1 aromatic rings. The van der Waals surface area contributed by atoms with Crippen LogP contribution in [0.25, 0.3) is 0 Å². The van der Waals surface area contributed by atoms with Crippen LogP contribution in [0.15, 0.2) is 18.2 Å². The van der Waals surface area contributed by atoms with Crippen molar-refractivity contribution in [3.63, 3.8) is 0 Å². The zero-order valence-corrected chi connectivity index (χ0v) is 10.3. The third kappa shape index (κ3) is 3.11. The maximum absolute atomic E-state index is 9.72. The van der Waals surface area contributed by atoms with Crippen molar-refractivity contribution in [2.45, 2.75) is 13.5 Å². The number of phenolic OH excluding ortho intramolecular Hbond substituents is 2. The molecule has 0 aliphatic carbocycles. The third-order valence-corrected chi connectivity index (χ3v) is 3.37. The van der Waals surface area contributed by atoms with Gasteiger partial charge in [0.05, 0.1) is 0 Å². The van der Waals surface area contributed by atoms with Gasteiger partial charge in [0.25, 0.3) is 0 Å². The molecule has 1 aromatic carbocycles. The minimum atomic E-state index is 0.113. The lowest BCUT2D eigenvalue weighted by atomic mass is 10.1. The highest BCUT2D eigenvalue weighted by Gasteiger charge is 2.16. The molecule has 1 fully saturated rings. The average Bonchev–Trinajstić information content (AvgIpc) is 2.34. The molecule has 1 aliphatic heterocycles. The number of benzene rings is 1. The first-order chi connectivity index (χ1) is 8.19. The second-order valence-corrected chi connectivity index (χ2v) is 4.52. The van der Waals surface area contributed by atoms with Crippen molar-refractivity contribution in [2.75, 3.05) is 32.7 Å². The monoisotopic (exact) mass is 236 g/mol. The van der Waals surface area contributed by atoms with E-state index in [4.69, 9.17) is 0 Å². The molecular formula is C13H20N2O2. The number of phenols is 2. The summed E-state index contributed by atoms with van der Waals surface area (Å²) < 4.78 is 0. The van der Waals surface area contributed by atoms with Crippen LogP contribution in [0, 0.1) is 0 Å². The second-order valence-electron chi connectivity index (χ2n) is 4.52. The second kappa shape index (κ2) is 5.38. The Morgan fingerprint density at radius 2 is 1.71 bits per heavy atom. The minimum absolute atomic E-state index is 0.113. The number of rotatable bonds is 3. The zero-order valence-electron chi connectivity index (χ0n) is 10.3. The Hall–Kier alpha value is -1.26. The largest absolute Gasteiger partial charge is 0.508 e. The third-order valence-electron chi connectivity index (χ3n) is 3.37. The van der Waals surface area contributed by atoms with Crippen LogP contribution in [0.4, 0.5) is 0 Å². The molecule has 0 spiro atoms. The molecule has 0 saturated carbocycles. The number of aromatic hydroxyl groups is 2. The van der Waals surface area contributed by atoms with Crippen LogP contribution in [0.1, 0.15) is 12.5 Å². The van der Waals surface area contributed by atoms with E-state index in [9.17, 15) is 10.2 Å². The van der Waals surface area contributed by atoms with Gasteiger partial charge in [0.2, 0.25) is 0 Å².